The minimum atomic E-state index is 0.763. The van der Waals surface area contributed by atoms with E-state index in [0.29, 0.717) is 0 Å². The number of fused-ring (bicyclic) bond motifs is 1. The Balaban J connectivity index is 1.33. The fourth-order valence-corrected chi connectivity index (χ4v) is 3.60. The average Bonchev–Trinajstić information content (AvgIpc) is 3.19. The Bertz CT molecular complexity index is 1050. The maximum absolute atomic E-state index is 4.84. The van der Waals surface area contributed by atoms with Gasteiger partial charge in [-0.2, -0.15) is 4.52 Å². The summed E-state index contributed by atoms with van der Waals surface area (Å²) in [5.41, 5.74) is 3.08. The van der Waals surface area contributed by atoms with E-state index in [1.165, 1.54) is 5.56 Å². The second kappa shape index (κ2) is 7.36. The van der Waals surface area contributed by atoms with Crippen LogP contribution in [-0.4, -0.2) is 55.9 Å². The van der Waals surface area contributed by atoms with Crippen LogP contribution in [0.4, 0.5) is 5.82 Å². The summed E-state index contributed by atoms with van der Waals surface area (Å²) in [6.07, 6.45) is 3.71. The molecule has 3 aromatic heterocycles. The molecule has 4 heterocycles. The Morgan fingerprint density at radius 2 is 1.57 bits per heavy atom. The van der Waals surface area contributed by atoms with Crippen LogP contribution in [0, 0.1) is 0 Å². The van der Waals surface area contributed by atoms with E-state index in [1.807, 2.05) is 59.4 Å². The van der Waals surface area contributed by atoms with Crippen LogP contribution in [0.1, 0.15) is 5.56 Å². The van der Waals surface area contributed by atoms with Crippen LogP contribution in [0.15, 0.2) is 67.0 Å². The van der Waals surface area contributed by atoms with E-state index in [2.05, 4.69) is 37.1 Å². The van der Waals surface area contributed by atoms with Gasteiger partial charge in [-0.25, -0.2) is 0 Å². The molecular weight excluding hydrogens is 350 g/mol. The molecule has 0 N–H and O–H groups in total. The first-order chi connectivity index (χ1) is 13.9. The SMILES string of the molecule is c1ccc(-c2nnc3ccc(N4CCN(Cc5ccncc5)CC4)nn23)cc1. The van der Waals surface area contributed by atoms with Crippen molar-refractivity contribution in [1.82, 2.24) is 29.7 Å². The molecule has 0 aliphatic carbocycles. The van der Waals surface area contributed by atoms with Crippen molar-refractivity contribution in [3.8, 4) is 11.4 Å². The van der Waals surface area contributed by atoms with Crippen LogP contribution >= 0.6 is 0 Å². The number of aromatic nitrogens is 5. The van der Waals surface area contributed by atoms with E-state index in [-0.39, 0.29) is 0 Å². The normalized spacial score (nSPS) is 15.2. The zero-order valence-corrected chi connectivity index (χ0v) is 15.5. The molecule has 0 unspecified atom stereocenters. The lowest BCUT2D eigenvalue weighted by atomic mass is 10.2. The van der Waals surface area contributed by atoms with Gasteiger partial charge in [0.15, 0.2) is 11.5 Å². The summed E-state index contributed by atoms with van der Waals surface area (Å²) in [6, 6.07) is 18.3. The Morgan fingerprint density at radius 1 is 0.786 bits per heavy atom. The van der Waals surface area contributed by atoms with Gasteiger partial charge in [-0.1, -0.05) is 30.3 Å². The number of piperazine rings is 1. The summed E-state index contributed by atoms with van der Waals surface area (Å²) >= 11 is 0. The van der Waals surface area contributed by atoms with Gasteiger partial charge in [-0.3, -0.25) is 9.88 Å². The lowest BCUT2D eigenvalue weighted by Gasteiger charge is -2.35. The van der Waals surface area contributed by atoms with Crippen LogP contribution < -0.4 is 4.90 Å². The first-order valence-corrected chi connectivity index (χ1v) is 9.51. The second-order valence-electron chi connectivity index (χ2n) is 6.97. The zero-order valence-electron chi connectivity index (χ0n) is 15.5. The highest BCUT2D eigenvalue weighted by molar-refractivity contribution is 5.59. The van der Waals surface area contributed by atoms with E-state index >= 15 is 0 Å². The first-order valence-electron chi connectivity index (χ1n) is 9.51. The van der Waals surface area contributed by atoms with Gasteiger partial charge in [0.25, 0.3) is 0 Å². The molecule has 7 nitrogen and oxygen atoms in total. The minimum Gasteiger partial charge on any atom is -0.353 e. The van der Waals surface area contributed by atoms with Crippen LogP contribution in [0.2, 0.25) is 0 Å². The van der Waals surface area contributed by atoms with E-state index < -0.39 is 0 Å². The van der Waals surface area contributed by atoms with Gasteiger partial charge in [-0.05, 0) is 29.8 Å². The molecule has 0 amide bonds. The van der Waals surface area contributed by atoms with Gasteiger partial charge in [0, 0.05) is 50.7 Å². The maximum Gasteiger partial charge on any atom is 0.185 e. The topological polar surface area (TPSA) is 62.5 Å². The fourth-order valence-electron chi connectivity index (χ4n) is 3.60. The molecule has 5 rings (SSSR count). The van der Waals surface area contributed by atoms with E-state index in [4.69, 9.17) is 5.10 Å². The Kier molecular flexibility index (Phi) is 4.42. The standard InChI is InChI=1S/C21H21N7/c1-2-4-18(5-3-1)21-24-23-19-6-7-20(25-28(19)21)27-14-12-26(13-15-27)16-17-8-10-22-11-9-17/h1-11H,12-16H2. The molecule has 0 bridgehead atoms. The lowest BCUT2D eigenvalue weighted by molar-refractivity contribution is 0.249. The van der Waals surface area contributed by atoms with E-state index in [0.717, 1.165) is 55.6 Å². The second-order valence-corrected chi connectivity index (χ2v) is 6.97. The first kappa shape index (κ1) is 16.8. The predicted molar refractivity (Wildman–Crippen MR) is 108 cm³/mol. The smallest absolute Gasteiger partial charge is 0.185 e. The monoisotopic (exact) mass is 371 g/mol. The van der Waals surface area contributed by atoms with Crippen LogP contribution in [-0.2, 0) is 6.54 Å². The number of hydrogen-bond donors (Lipinski definition) is 0. The van der Waals surface area contributed by atoms with Crippen molar-refractivity contribution in [2.45, 2.75) is 6.54 Å². The molecule has 1 saturated heterocycles. The predicted octanol–water partition coefficient (Wildman–Crippen LogP) is 2.51. The molecule has 0 radical (unpaired) electrons. The quantitative estimate of drug-likeness (QED) is 0.549. The number of pyridine rings is 1. The average molecular weight is 371 g/mol. The highest BCUT2D eigenvalue weighted by atomic mass is 15.4. The van der Waals surface area contributed by atoms with Crippen molar-refractivity contribution in [2.24, 2.45) is 0 Å². The number of anilines is 1. The molecule has 1 aliphatic rings. The number of benzene rings is 1. The fraction of sp³-hybridized carbons (Fsp3) is 0.238. The van der Waals surface area contributed by atoms with Crippen molar-refractivity contribution >= 4 is 11.5 Å². The number of nitrogens with zero attached hydrogens (tertiary/aromatic N) is 7. The third-order valence-electron chi connectivity index (χ3n) is 5.13. The summed E-state index contributed by atoms with van der Waals surface area (Å²) in [4.78, 5) is 8.89. The number of hydrogen-bond acceptors (Lipinski definition) is 6. The van der Waals surface area contributed by atoms with Crippen molar-refractivity contribution in [2.75, 3.05) is 31.1 Å². The van der Waals surface area contributed by atoms with Gasteiger partial charge in [0.1, 0.15) is 5.82 Å². The van der Waals surface area contributed by atoms with Gasteiger partial charge in [0.2, 0.25) is 0 Å². The van der Waals surface area contributed by atoms with Gasteiger partial charge >= 0.3 is 0 Å². The third kappa shape index (κ3) is 3.32. The summed E-state index contributed by atoms with van der Waals surface area (Å²) in [6.45, 7) is 4.89. The molecule has 1 aliphatic heterocycles. The molecule has 7 heteroatoms. The maximum atomic E-state index is 4.84. The highest BCUT2D eigenvalue weighted by Crippen LogP contribution is 2.20. The molecule has 28 heavy (non-hydrogen) atoms. The number of rotatable bonds is 4. The van der Waals surface area contributed by atoms with Crippen molar-refractivity contribution in [3.63, 3.8) is 0 Å². The molecule has 0 saturated carbocycles. The van der Waals surface area contributed by atoms with Crippen LogP contribution in [0.3, 0.4) is 0 Å². The largest absolute Gasteiger partial charge is 0.353 e. The molecule has 1 fully saturated rings. The summed E-state index contributed by atoms with van der Waals surface area (Å²) < 4.78 is 1.84. The molecule has 0 atom stereocenters. The lowest BCUT2D eigenvalue weighted by Crippen LogP contribution is -2.46. The van der Waals surface area contributed by atoms with Crippen LogP contribution in [0.5, 0.6) is 0 Å². The molecule has 1 aromatic carbocycles. The molecule has 0 spiro atoms. The Labute approximate surface area is 163 Å². The van der Waals surface area contributed by atoms with Gasteiger partial charge in [0.05, 0.1) is 0 Å². The highest BCUT2D eigenvalue weighted by Gasteiger charge is 2.19. The van der Waals surface area contributed by atoms with Crippen molar-refractivity contribution < 1.29 is 0 Å². The van der Waals surface area contributed by atoms with Crippen molar-refractivity contribution in [1.29, 1.82) is 0 Å². The van der Waals surface area contributed by atoms with Gasteiger partial charge < -0.3 is 4.90 Å². The van der Waals surface area contributed by atoms with E-state index in [9.17, 15) is 0 Å². The summed E-state index contributed by atoms with van der Waals surface area (Å²) in [7, 11) is 0. The zero-order chi connectivity index (χ0) is 18.8. The Morgan fingerprint density at radius 3 is 2.36 bits per heavy atom. The molecule has 4 aromatic rings. The van der Waals surface area contributed by atoms with E-state index in [1.54, 1.807) is 0 Å². The summed E-state index contributed by atoms with van der Waals surface area (Å²) in [5.74, 6) is 1.74. The summed E-state index contributed by atoms with van der Waals surface area (Å²) in [5, 5.41) is 13.4. The molecular formula is C21H21N7. The minimum absolute atomic E-state index is 0.763. The van der Waals surface area contributed by atoms with Gasteiger partial charge in [-0.15, -0.1) is 15.3 Å². The van der Waals surface area contributed by atoms with Crippen LogP contribution in [0.25, 0.3) is 17.0 Å². The molecule has 140 valence electrons. The van der Waals surface area contributed by atoms with Crippen molar-refractivity contribution in [3.05, 3.63) is 72.6 Å². The Hall–Kier alpha value is -3.32. The third-order valence-corrected chi connectivity index (χ3v) is 5.13.